The van der Waals surface area contributed by atoms with Gasteiger partial charge in [0, 0.05) is 61.7 Å². The second-order valence-electron chi connectivity index (χ2n) is 35.1. The first-order chi connectivity index (χ1) is 66.4. The molecule has 0 saturated carbocycles. The van der Waals surface area contributed by atoms with Gasteiger partial charge in [-0.2, -0.15) is 0 Å². The minimum absolute atomic E-state index is 0.0336. The van der Waals surface area contributed by atoms with E-state index in [9.17, 15) is 90.7 Å². The van der Waals surface area contributed by atoms with Crippen molar-refractivity contribution in [3.63, 3.8) is 0 Å². The second kappa shape index (κ2) is 43.3. The third-order valence-electron chi connectivity index (χ3n) is 24.7. The summed E-state index contributed by atoms with van der Waals surface area (Å²) in [5, 5.41) is 185. The Labute approximate surface area is 801 Å². The topological polar surface area (TPSA) is 654 Å². The second-order valence-corrected chi connectivity index (χ2v) is 35.9. The molecule has 9 aliphatic heterocycles. The number of carboxylic acids is 1. The van der Waals surface area contributed by atoms with Crippen LogP contribution in [0.4, 0.5) is 0 Å². The number of carbonyl (C=O) groups is 9. The number of rotatable bonds is 22. The maximum atomic E-state index is 17.2. The smallest absolute Gasteiger partial charge is 0.330 e. The van der Waals surface area contributed by atoms with Crippen molar-refractivity contribution in [3.8, 4) is 80.1 Å². The number of phenols is 4. The van der Waals surface area contributed by atoms with Crippen molar-refractivity contribution < 1.29 is 157 Å². The van der Waals surface area contributed by atoms with E-state index in [4.69, 9.17) is 71.6 Å². The van der Waals surface area contributed by atoms with Gasteiger partial charge in [0.25, 0.3) is 0 Å². The molecule has 8 amide bonds. The van der Waals surface area contributed by atoms with Crippen LogP contribution in [0.3, 0.4) is 0 Å². The standard InChI is InChI=1S/C95H104Cl2N10O32/c1-39(2)11-7-4-5-10-14-67(115)102-75-81(120)77(116)64(36-99-35-41-12-8-6-9-13-41)135-94(75)139-85-62-30-47-31-63(85)133-59-22-18-45(28-54(59)97)84(138-93-74(100-40(3)110)80(119)78(117)65(37-108)136-93)76-91(128)106-73(92(129)130)52-33-49(112)34-61(134-95-83(122)82(121)79(118)66(38-109)137-95)68(52)51-27-44(17-19-56(51)113)70(88(125)107-76)104-90(127)72(47)105-89(126)71-46-25-48(111)32-50(26-46)131-60-29-43(16-20-57(60)114)69(98)87(124)101-55(86(123)103-71)24-42-15-21-58(132-62)53(96)23-42/h6,8-9,12-13,15-23,25-34,39,55,64-66,69-84,93-95,99,108-109,111-114,116-122H,4-5,7,10-11,14,24,35-38,98H2,1-3H3,(H,100,110)(H,101,124)(H,102,115)(H,103,123)(H,104,127)(H,105,126)(H,106,128)(H,107,125)(H,129,130)/t55-,64-,65-,66-,69-,70-,71+,72-,73+,74-,75-,76+,77-,78-,79-,80-,81-,82+,83+,84-,93+,94+,95+/m1/s1. The highest BCUT2D eigenvalue weighted by molar-refractivity contribution is 6.32. The molecule has 42 nitrogen and oxygen atoms in total. The fourth-order valence-electron chi connectivity index (χ4n) is 17.4. The van der Waals surface area contributed by atoms with Crippen molar-refractivity contribution >= 4 is 76.4 Å². The number of hydrogen-bond donors (Lipinski definition) is 24. The van der Waals surface area contributed by atoms with Crippen molar-refractivity contribution in [1.29, 1.82) is 0 Å². The van der Waals surface area contributed by atoms with E-state index in [1.54, 1.807) is 18.2 Å². The third-order valence-corrected chi connectivity index (χ3v) is 25.3. The zero-order chi connectivity index (χ0) is 99.4. The van der Waals surface area contributed by atoms with Crippen LogP contribution in [0.5, 0.6) is 69.0 Å². The minimum Gasteiger partial charge on any atom is -0.508 e. The van der Waals surface area contributed by atoms with E-state index in [0.29, 0.717) is 18.8 Å². The monoisotopic (exact) mass is 1970 g/mol. The number of unbranched alkanes of at least 4 members (excludes halogenated alkanes) is 3. The molecule has 17 rings (SSSR count). The average molecular weight is 1970 g/mol. The van der Waals surface area contributed by atoms with Crippen LogP contribution >= 0.6 is 23.2 Å². The predicted octanol–water partition coefficient (Wildman–Crippen LogP) is 2.82. The maximum absolute atomic E-state index is 17.2. The van der Waals surface area contributed by atoms with Gasteiger partial charge in [-0.3, -0.25) is 38.4 Å². The van der Waals surface area contributed by atoms with Crippen LogP contribution in [0, 0.1) is 5.92 Å². The summed E-state index contributed by atoms with van der Waals surface area (Å²) in [4.78, 5) is 139. The SMILES string of the molecule is CC(=O)N[C@H]1[C@H](O[C@@H]2c3ccc(c(Cl)c3)Oc3cc4cc(c3O[C@@H]3O[C@H](CNCc5ccccc5)[C@@H](O)[C@H](O)[C@H]3NC(=O)CCCCCCC(C)C)Oc3ccc(cc3Cl)C[C@H]3NC(=O)[C@H](N)c5ccc(O)c(c5)Oc5cc(O)cc(c5)[C@H](NC3=O)C(=O)N[C@H]4C(=O)N[C@H]3C(=O)N[C@@H]2C(=O)N[C@H](C(=O)O)c2cc(O)cc(O[C@H]4O[C@H](CO)[C@@H](O)[C@H](O)[C@@H]4O)c2-c2cc3ccc2O)O[C@H](CO)[C@@H](O)[C@@H]1O. The molecule has 0 spiro atoms. The summed E-state index contributed by atoms with van der Waals surface area (Å²) in [6.07, 6.45) is -25.2. The normalized spacial score (nSPS) is 28.0. The molecule has 740 valence electrons. The lowest BCUT2D eigenvalue weighted by atomic mass is 9.89. The van der Waals surface area contributed by atoms with E-state index < -0.39 is 298 Å². The van der Waals surface area contributed by atoms with E-state index in [1.165, 1.54) is 30.3 Å². The highest BCUT2D eigenvalue weighted by Crippen LogP contribution is 2.51. The molecule has 9 aliphatic rings. The lowest BCUT2D eigenvalue weighted by molar-refractivity contribution is -0.284. The van der Waals surface area contributed by atoms with Gasteiger partial charge in [-0.15, -0.1) is 0 Å². The van der Waals surface area contributed by atoms with Crippen molar-refractivity contribution in [2.24, 2.45) is 11.7 Å². The number of phenolic OH excluding ortho intramolecular Hbond substituents is 4. The van der Waals surface area contributed by atoms with E-state index >= 15 is 24.0 Å². The highest BCUT2D eigenvalue weighted by atomic mass is 35.5. The molecule has 9 heterocycles. The Morgan fingerprint density at radius 1 is 0.511 bits per heavy atom. The van der Waals surface area contributed by atoms with Gasteiger partial charge in [-0.05, 0) is 130 Å². The van der Waals surface area contributed by atoms with Crippen molar-refractivity contribution in [3.05, 3.63) is 200 Å². The fourth-order valence-corrected chi connectivity index (χ4v) is 17.9. The molecule has 0 unspecified atom stereocenters. The number of nitrogens with two attached hydrogens (primary N) is 1. The Hall–Kier alpha value is -12.8. The maximum Gasteiger partial charge on any atom is 0.330 e. The van der Waals surface area contributed by atoms with Crippen LogP contribution in [0.2, 0.25) is 10.0 Å². The summed E-state index contributed by atoms with van der Waals surface area (Å²) in [6, 6.07) is 10.2. The molecular weight excluding hydrogens is 1860 g/mol. The first-order valence-electron chi connectivity index (χ1n) is 44.6. The average Bonchev–Trinajstić information content (AvgIpc) is 0.755. The van der Waals surface area contributed by atoms with Gasteiger partial charge in [0.05, 0.1) is 23.3 Å². The quantitative estimate of drug-likeness (QED) is 0.0434. The van der Waals surface area contributed by atoms with E-state index in [1.807, 2.05) is 12.1 Å². The molecule has 3 saturated heterocycles. The molecule has 17 bridgehead atoms. The highest BCUT2D eigenvalue weighted by Gasteiger charge is 2.53. The Kier molecular flexibility index (Phi) is 31.3. The number of hydrogen-bond acceptors (Lipinski definition) is 33. The van der Waals surface area contributed by atoms with Crippen molar-refractivity contribution in [2.75, 3.05) is 19.8 Å². The summed E-state index contributed by atoms with van der Waals surface area (Å²) < 4.78 is 58.6. The lowest BCUT2D eigenvalue weighted by Gasteiger charge is -2.44. The first kappa shape index (κ1) is 101. The number of aliphatic hydroxyl groups is 9. The summed E-state index contributed by atoms with van der Waals surface area (Å²) in [7, 11) is 0. The van der Waals surface area contributed by atoms with Gasteiger partial charge >= 0.3 is 5.97 Å². The van der Waals surface area contributed by atoms with Gasteiger partial charge in [-0.25, -0.2) is 4.79 Å². The molecule has 0 radical (unpaired) electrons. The molecule has 0 aliphatic carbocycles. The fraction of sp³-hybridized carbons (Fsp3) is 0.400. The Bertz CT molecular complexity index is 5950. The number of amides is 8. The summed E-state index contributed by atoms with van der Waals surface area (Å²) in [5.41, 5.74) is 3.73. The molecule has 44 heteroatoms. The van der Waals surface area contributed by atoms with Gasteiger partial charge in [0.2, 0.25) is 65.6 Å². The third kappa shape index (κ3) is 22.6. The van der Waals surface area contributed by atoms with E-state index in [2.05, 4.69) is 61.7 Å². The molecule has 8 aromatic rings. The zero-order valence-corrected chi connectivity index (χ0v) is 75.9. The number of fused-ring (bicyclic) bond motifs is 14. The number of halogens is 2. The number of ether oxygens (including phenoxy) is 9. The largest absolute Gasteiger partial charge is 0.508 e. The minimum atomic E-state index is -2.59. The molecule has 8 aromatic carbocycles. The van der Waals surface area contributed by atoms with Crippen LogP contribution in [0.1, 0.15) is 140 Å². The molecule has 139 heavy (non-hydrogen) atoms. The molecule has 3 fully saturated rings. The van der Waals surface area contributed by atoms with Gasteiger partial charge in [0.1, 0.15) is 156 Å². The lowest BCUT2D eigenvalue weighted by Crippen LogP contribution is -2.66. The van der Waals surface area contributed by atoms with Crippen LogP contribution in [0.15, 0.2) is 146 Å². The van der Waals surface area contributed by atoms with Gasteiger partial charge < -0.3 is 168 Å². The Morgan fingerprint density at radius 3 is 1.76 bits per heavy atom. The summed E-state index contributed by atoms with van der Waals surface area (Å²) in [5.74, 6) is -18.8. The number of aliphatic hydroxyl groups excluding tert-OH is 9. The number of carbonyl (C=O) groups excluding carboxylic acids is 8. The molecule has 23 atom stereocenters. The molecule has 0 aromatic heterocycles. The predicted molar refractivity (Wildman–Crippen MR) is 484 cm³/mol. The van der Waals surface area contributed by atoms with Gasteiger partial charge in [-0.1, -0.05) is 117 Å². The van der Waals surface area contributed by atoms with E-state index in [-0.39, 0.29) is 64.0 Å². The van der Waals surface area contributed by atoms with E-state index in [0.717, 1.165) is 117 Å². The van der Waals surface area contributed by atoms with Crippen LogP contribution in [0.25, 0.3) is 11.1 Å². The Balaban J connectivity index is 0.989. The molecule has 25 N–H and O–H groups in total. The zero-order valence-electron chi connectivity index (χ0n) is 74.4. The van der Waals surface area contributed by atoms with Crippen molar-refractivity contribution in [2.45, 2.75) is 213 Å². The van der Waals surface area contributed by atoms with Crippen LogP contribution in [-0.4, -0.2) is 249 Å². The summed E-state index contributed by atoms with van der Waals surface area (Å²) >= 11 is 14.9. The number of benzene rings is 8. The van der Waals surface area contributed by atoms with Gasteiger partial charge in [0.15, 0.2) is 35.3 Å². The number of aromatic hydroxyl groups is 4. The molecular formula is C95H104Cl2N10O32. The van der Waals surface area contributed by atoms with Crippen LogP contribution < -0.4 is 77.3 Å². The van der Waals surface area contributed by atoms with Crippen LogP contribution in [-0.2, 0) is 75.1 Å². The number of nitrogens with one attached hydrogen (secondary N) is 9. The summed E-state index contributed by atoms with van der Waals surface area (Å²) in [6.45, 7) is 2.98. The Morgan fingerprint density at radius 2 is 1.09 bits per heavy atom. The van der Waals surface area contributed by atoms with Crippen molar-refractivity contribution in [1.82, 2.24) is 47.9 Å². The number of aliphatic carboxylic acids is 1. The first-order valence-corrected chi connectivity index (χ1v) is 45.4. The number of carboxylic acid groups (broad SMARTS) is 1.